The summed E-state index contributed by atoms with van der Waals surface area (Å²) in [5.74, 6) is 0. The van der Waals surface area contributed by atoms with Gasteiger partial charge in [0, 0.05) is 6.54 Å². The predicted molar refractivity (Wildman–Crippen MR) is 68.0 cm³/mol. The number of rotatable bonds is 5. The standard InChI is InChI=1S/C14H18N2/c1-3-8-16-11-12(2)9-13-4-6-14(10-15)7-5-13/h4-7,9,16H,3,8,11H2,1-2H3. The van der Waals surface area contributed by atoms with Gasteiger partial charge in [-0.2, -0.15) is 5.26 Å². The maximum absolute atomic E-state index is 8.68. The van der Waals surface area contributed by atoms with Gasteiger partial charge in [-0.15, -0.1) is 0 Å². The number of hydrogen-bond acceptors (Lipinski definition) is 2. The van der Waals surface area contributed by atoms with Gasteiger partial charge in [-0.1, -0.05) is 30.7 Å². The Balaban J connectivity index is 2.57. The van der Waals surface area contributed by atoms with Crippen molar-refractivity contribution in [2.75, 3.05) is 13.1 Å². The van der Waals surface area contributed by atoms with E-state index in [1.54, 1.807) is 0 Å². The Morgan fingerprint density at radius 3 is 2.62 bits per heavy atom. The van der Waals surface area contributed by atoms with Gasteiger partial charge in [-0.3, -0.25) is 0 Å². The smallest absolute Gasteiger partial charge is 0.0991 e. The van der Waals surface area contributed by atoms with E-state index in [-0.39, 0.29) is 0 Å². The topological polar surface area (TPSA) is 35.8 Å². The highest BCUT2D eigenvalue weighted by atomic mass is 14.8. The van der Waals surface area contributed by atoms with Crippen molar-refractivity contribution < 1.29 is 0 Å². The molecule has 0 amide bonds. The first kappa shape index (κ1) is 12.5. The fraction of sp³-hybridized carbons (Fsp3) is 0.357. The summed E-state index contributed by atoms with van der Waals surface area (Å²) < 4.78 is 0. The van der Waals surface area contributed by atoms with Gasteiger partial charge >= 0.3 is 0 Å². The summed E-state index contributed by atoms with van der Waals surface area (Å²) in [4.78, 5) is 0. The minimum absolute atomic E-state index is 0.707. The average molecular weight is 214 g/mol. The van der Waals surface area contributed by atoms with Crippen LogP contribution in [0.25, 0.3) is 6.08 Å². The summed E-state index contributed by atoms with van der Waals surface area (Å²) >= 11 is 0. The second kappa shape index (κ2) is 6.81. The quantitative estimate of drug-likeness (QED) is 0.765. The van der Waals surface area contributed by atoms with E-state index in [0.29, 0.717) is 5.56 Å². The molecule has 16 heavy (non-hydrogen) atoms. The zero-order valence-corrected chi connectivity index (χ0v) is 9.96. The van der Waals surface area contributed by atoms with Crippen LogP contribution in [0.2, 0.25) is 0 Å². The van der Waals surface area contributed by atoms with E-state index in [9.17, 15) is 0 Å². The minimum Gasteiger partial charge on any atom is -0.313 e. The lowest BCUT2D eigenvalue weighted by Crippen LogP contribution is -2.16. The first-order valence-corrected chi connectivity index (χ1v) is 5.64. The van der Waals surface area contributed by atoms with Crippen molar-refractivity contribution in [1.29, 1.82) is 5.26 Å². The number of nitrogens with zero attached hydrogens (tertiary/aromatic N) is 1. The van der Waals surface area contributed by atoms with Crippen LogP contribution in [0.1, 0.15) is 31.4 Å². The Bertz CT molecular complexity index is 382. The van der Waals surface area contributed by atoms with E-state index in [0.717, 1.165) is 25.1 Å². The molecule has 0 spiro atoms. The lowest BCUT2D eigenvalue weighted by Gasteiger charge is -2.03. The fourth-order valence-electron chi connectivity index (χ4n) is 1.45. The molecule has 0 fully saturated rings. The molecule has 0 saturated heterocycles. The maximum Gasteiger partial charge on any atom is 0.0991 e. The summed E-state index contributed by atoms with van der Waals surface area (Å²) in [7, 11) is 0. The SMILES string of the molecule is CCCNCC(C)=Cc1ccc(C#N)cc1. The molecule has 2 heteroatoms. The minimum atomic E-state index is 0.707. The summed E-state index contributed by atoms with van der Waals surface area (Å²) in [5.41, 5.74) is 3.16. The summed E-state index contributed by atoms with van der Waals surface area (Å²) in [6.45, 7) is 6.25. The van der Waals surface area contributed by atoms with Gasteiger partial charge in [0.05, 0.1) is 11.6 Å². The van der Waals surface area contributed by atoms with Crippen molar-refractivity contribution in [3.05, 3.63) is 41.0 Å². The van der Waals surface area contributed by atoms with Crippen LogP contribution in [-0.2, 0) is 0 Å². The molecule has 1 aromatic carbocycles. The molecule has 0 radical (unpaired) electrons. The van der Waals surface area contributed by atoms with Gasteiger partial charge in [0.2, 0.25) is 0 Å². The number of nitriles is 1. The lowest BCUT2D eigenvalue weighted by atomic mass is 10.1. The van der Waals surface area contributed by atoms with Crippen LogP contribution in [0.15, 0.2) is 29.8 Å². The van der Waals surface area contributed by atoms with Gasteiger partial charge in [0.1, 0.15) is 0 Å². The summed E-state index contributed by atoms with van der Waals surface area (Å²) in [6, 6.07) is 9.76. The molecule has 0 unspecified atom stereocenters. The molecule has 0 aliphatic rings. The molecule has 0 saturated carbocycles. The molecular weight excluding hydrogens is 196 g/mol. The van der Waals surface area contributed by atoms with Crippen LogP contribution >= 0.6 is 0 Å². The van der Waals surface area contributed by atoms with Gasteiger partial charge in [-0.05, 0) is 37.6 Å². The van der Waals surface area contributed by atoms with Crippen molar-refractivity contribution in [3.8, 4) is 6.07 Å². The Morgan fingerprint density at radius 2 is 2.06 bits per heavy atom. The van der Waals surface area contributed by atoms with Crippen LogP contribution in [0.5, 0.6) is 0 Å². The highest BCUT2D eigenvalue weighted by molar-refractivity contribution is 5.53. The second-order valence-electron chi connectivity index (χ2n) is 3.90. The number of benzene rings is 1. The Morgan fingerprint density at radius 1 is 1.38 bits per heavy atom. The molecule has 0 aromatic heterocycles. The molecule has 2 nitrogen and oxygen atoms in total. The molecule has 0 heterocycles. The molecule has 84 valence electrons. The molecule has 1 aromatic rings. The van der Waals surface area contributed by atoms with Gasteiger partial charge in [0.25, 0.3) is 0 Å². The zero-order chi connectivity index (χ0) is 11.8. The maximum atomic E-state index is 8.68. The molecule has 1 N–H and O–H groups in total. The summed E-state index contributed by atoms with van der Waals surface area (Å²) in [6.07, 6.45) is 3.30. The molecule has 0 bridgehead atoms. The molecular formula is C14H18N2. The molecule has 0 aliphatic heterocycles. The third kappa shape index (κ3) is 4.29. The van der Waals surface area contributed by atoms with Gasteiger partial charge in [-0.25, -0.2) is 0 Å². The van der Waals surface area contributed by atoms with Crippen molar-refractivity contribution in [2.45, 2.75) is 20.3 Å². The average Bonchev–Trinajstić information content (AvgIpc) is 2.30. The second-order valence-corrected chi connectivity index (χ2v) is 3.90. The van der Waals surface area contributed by atoms with E-state index >= 15 is 0 Å². The van der Waals surface area contributed by atoms with E-state index in [2.05, 4.69) is 31.3 Å². The van der Waals surface area contributed by atoms with Crippen LogP contribution in [0.4, 0.5) is 0 Å². The summed E-state index contributed by atoms with van der Waals surface area (Å²) in [5, 5.41) is 12.0. The first-order chi connectivity index (χ1) is 7.76. The van der Waals surface area contributed by atoms with Gasteiger partial charge in [0.15, 0.2) is 0 Å². The van der Waals surface area contributed by atoms with Crippen LogP contribution < -0.4 is 5.32 Å². The number of nitrogens with one attached hydrogen (secondary N) is 1. The van der Waals surface area contributed by atoms with E-state index in [4.69, 9.17) is 5.26 Å². The first-order valence-electron chi connectivity index (χ1n) is 5.64. The highest BCUT2D eigenvalue weighted by Gasteiger charge is 1.93. The van der Waals surface area contributed by atoms with E-state index < -0.39 is 0 Å². The Labute approximate surface area is 97.6 Å². The van der Waals surface area contributed by atoms with Gasteiger partial charge < -0.3 is 5.32 Å². The van der Waals surface area contributed by atoms with Crippen molar-refractivity contribution in [3.63, 3.8) is 0 Å². The zero-order valence-electron chi connectivity index (χ0n) is 9.96. The van der Waals surface area contributed by atoms with Crippen molar-refractivity contribution >= 4 is 6.08 Å². The number of hydrogen-bond donors (Lipinski definition) is 1. The highest BCUT2D eigenvalue weighted by Crippen LogP contribution is 2.07. The normalized spacial score (nSPS) is 11.2. The Hall–Kier alpha value is -1.59. The van der Waals surface area contributed by atoms with Crippen LogP contribution in [0.3, 0.4) is 0 Å². The largest absolute Gasteiger partial charge is 0.313 e. The Kier molecular flexibility index (Phi) is 5.31. The van der Waals surface area contributed by atoms with Crippen molar-refractivity contribution in [1.82, 2.24) is 5.32 Å². The monoisotopic (exact) mass is 214 g/mol. The molecule has 1 rings (SSSR count). The van der Waals surface area contributed by atoms with E-state index in [1.165, 1.54) is 5.57 Å². The predicted octanol–water partition coefficient (Wildman–Crippen LogP) is 2.96. The fourth-order valence-corrected chi connectivity index (χ4v) is 1.45. The third-order valence-corrected chi connectivity index (χ3v) is 2.28. The third-order valence-electron chi connectivity index (χ3n) is 2.28. The van der Waals surface area contributed by atoms with Crippen molar-refractivity contribution in [2.24, 2.45) is 0 Å². The van der Waals surface area contributed by atoms with Crippen LogP contribution in [-0.4, -0.2) is 13.1 Å². The molecule has 0 aliphatic carbocycles. The van der Waals surface area contributed by atoms with Crippen LogP contribution in [0, 0.1) is 11.3 Å². The molecule has 0 atom stereocenters. The lowest BCUT2D eigenvalue weighted by molar-refractivity contribution is 0.715. The van der Waals surface area contributed by atoms with E-state index in [1.807, 2.05) is 24.3 Å².